The van der Waals surface area contributed by atoms with Gasteiger partial charge in [0.15, 0.2) is 0 Å². The number of nitro groups is 1. The summed E-state index contributed by atoms with van der Waals surface area (Å²) in [6.07, 6.45) is 4.94. The molecule has 3 rings (SSSR count). The molecule has 1 amide bonds. The van der Waals surface area contributed by atoms with E-state index in [0.29, 0.717) is 10.8 Å². The van der Waals surface area contributed by atoms with Crippen molar-refractivity contribution in [3.63, 3.8) is 0 Å². The molecule has 0 atom stereocenters. The van der Waals surface area contributed by atoms with Gasteiger partial charge in [0, 0.05) is 21.8 Å². The number of nitrogens with zero attached hydrogens (tertiary/aromatic N) is 1. The highest BCUT2D eigenvalue weighted by molar-refractivity contribution is 8.00. The molecule has 1 aliphatic carbocycles. The Hall–Kier alpha value is -2.34. The molecule has 1 aliphatic rings. The lowest BCUT2D eigenvalue weighted by Crippen LogP contribution is -2.16. The lowest BCUT2D eigenvalue weighted by Gasteiger charge is -2.14. The Morgan fingerprint density at radius 1 is 1.12 bits per heavy atom. The van der Waals surface area contributed by atoms with Gasteiger partial charge in [-0.3, -0.25) is 14.9 Å². The highest BCUT2D eigenvalue weighted by atomic mass is 32.2. The first-order valence-corrected chi connectivity index (χ1v) is 9.29. The predicted octanol–water partition coefficient (Wildman–Crippen LogP) is 4.81. The number of benzene rings is 2. The van der Waals surface area contributed by atoms with Crippen molar-refractivity contribution in [2.45, 2.75) is 42.2 Å². The summed E-state index contributed by atoms with van der Waals surface area (Å²) in [6.45, 7) is 0. The van der Waals surface area contributed by atoms with Crippen LogP contribution in [0.3, 0.4) is 0 Å². The average Bonchev–Trinajstić information content (AvgIpc) is 3.10. The Labute approximate surface area is 151 Å². The summed E-state index contributed by atoms with van der Waals surface area (Å²) in [7, 11) is 0. The molecule has 2 aromatic rings. The predicted molar refractivity (Wildman–Crippen MR) is 100.0 cm³/mol. The smallest absolute Gasteiger partial charge is 0.273 e. The summed E-state index contributed by atoms with van der Waals surface area (Å²) >= 11 is 1.81. The lowest BCUT2D eigenvalue weighted by atomic mass is 10.1. The maximum atomic E-state index is 12.4. The van der Waals surface area contributed by atoms with Gasteiger partial charge in [0.05, 0.1) is 17.0 Å². The van der Waals surface area contributed by atoms with Gasteiger partial charge in [-0.05, 0) is 25.0 Å². The van der Waals surface area contributed by atoms with Crippen molar-refractivity contribution in [2.75, 3.05) is 5.32 Å². The molecular weight excluding hydrogens is 336 g/mol. The van der Waals surface area contributed by atoms with E-state index in [1.807, 2.05) is 36.0 Å². The fourth-order valence-electron chi connectivity index (χ4n) is 3.06. The molecule has 5 nitrogen and oxygen atoms in total. The van der Waals surface area contributed by atoms with Crippen LogP contribution in [0.1, 0.15) is 31.2 Å². The Morgan fingerprint density at radius 2 is 1.80 bits per heavy atom. The minimum atomic E-state index is -0.452. The summed E-state index contributed by atoms with van der Waals surface area (Å²) in [6, 6.07) is 14.1. The molecule has 0 unspecified atom stereocenters. The Bertz CT molecular complexity index is 773. The zero-order valence-corrected chi connectivity index (χ0v) is 14.6. The number of nitro benzene ring substituents is 1. The molecule has 1 N–H and O–H groups in total. The molecule has 6 heteroatoms. The second-order valence-corrected chi connectivity index (χ2v) is 7.47. The number of thioether (sulfide) groups is 1. The highest BCUT2D eigenvalue weighted by Crippen LogP contribution is 2.38. The van der Waals surface area contributed by atoms with E-state index in [1.54, 1.807) is 18.2 Å². The van der Waals surface area contributed by atoms with Crippen LogP contribution in [-0.2, 0) is 11.2 Å². The average molecular weight is 356 g/mol. The summed E-state index contributed by atoms with van der Waals surface area (Å²) in [5.74, 6) is -0.242. The first kappa shape index (κ1) is 17.5. The molecule has 2 aromatic carbocycles. The van der Waals surface area contributed by atoms with Crippen LogP contribution in [-0.4, -0.2) is 16.1 Å². The van der Waals surface area contributed by atoms with Crippen molar-refractivity contribution in [2.24, 2.45) is 0 Å². The van der Waals surface area contributed by atoms with Crippen LogP contribution < -0.4 is 5.32 Å². The summed E-state index contributed by atoms with van der Waals surface area (Å²) in [4.78, 5) is 24.1. The largest absolute Gasteiger partial charge is 0.325 e. The minimum absolute atomic E-state index is 0.0143. The third-order valence-corrected chi connectivity index (χ3v) is 5.71. The van der Waals surface area contributed by atoms with E-state index in [1.165, 1.54) is 31.7 Å². The van der Waals surface area contributed by atoms with Gasteiger partial charge in [-0.15, -0.1) is 11.8 Å². The SMILES string of the molecule is O=C(Cc1ccccc1[N+](=O)[O-])Nc1ccccc1SC1CCCC1. The van der Waals surface area contributed by atoms with Gasteiger partial charge in [-0.2, -0.15) is 0 Å². The van der Waals surface area contributed by atoms with Gasteiger partial charge in [-0.25, -0.2) is 0 Å². The second-order valence-electron chi connectivity index (χ2n) is 6.13. The highest BCUT2D eigenvalue weighted by Gasteiger charge is 2.19. The monoisotopic (exact) mass is 356 g/mol. The first-order chi connectivity index (χ1) is 12.1. The molecular formula is C19H20N2O3S. The number of amides is 1. The van der Waals surface area contributed by atoms with Gasteiger partial charge in [0.1, 0.15) is 0 Å². The summed E-state index contributed by atoms with van der Waals surface area (Å²) < 4.78 is 0. The van der Waals surface area contributed by atoms with Crippen molar-refractivity contribution < 1.29 is 9.72 Å². The van der Waals surface area contributed by atoms with Crippen LogP contribution in [0.4, 0.5) is 11.4 Å². The van der Waals surface area contributed by atoms with Crippen LogP contribution in [0.15, 0.2) is 53.4 Å². The van der Waals surface area contributed by atoms with Crippen LogP contribution in [0.2, 0.25) is 0 Å². The molecule has 0 radical (unpaired) electrons. The fourth-order valence-corrected chi connectivity index (χ4v) is 4.40. The molecule has 0 saturated heterocycles. The van der Waals surface area contributed by atoms with Crippen LogP contribution >= 0.6 is 11.8 Å². The quantitative estimate of drug-likeness (QED) is 0.595. The van der Waals surface area contributed by atoms with Crippen LogP contribution in [0.25, 0.3) is 0 Å². The number of carbonyl (C=O) groups excluding carboxylic acids is 1. The molecule has 0 heterocycles. The first-order valence-electron chi connectivity index (χ1n) is 8.41. The topological polar surface area (TPSA) is 72.2 Å². The van der Waals surface area contributed by atoms with E-state index in [2.05, 4.69) is 5.32 Å². The van der Waals surface area contributed by atoms with Gasteiger partial charge >= 0.3 is 0 Å². The number of rotatable bonds is 6. The molecule has 0 spiro atoms. The van der Waals surface area contributed by atoms with Gasteiger partial charge in [-0.1, -0.05) is 43.2 Å². The normalized spacial score (nSPS) is 14.4. The number of anilines is 1. The summed E-state index contributed by atoms with van der Waals surface area (Å²) in [5, 5.41) is 14.6. The van der Waals surface area contributed by atoms with Crippen LogP contribution in [0.5, 0.6) is 0 Å². The number of hydrogen-bond acceptors (Lipinski definition) is 4. The van der Waals surface area contributed by atoms with Gasteiger partial charge in [0.25, 0.3) is 5.69 Å². The molecule has 0 aliphatic heterocycles. The third kappa shape index (κ3) is 4.60. The fraction of sp³-hybridized carbons (Fsp3) is 0.316. The van der Waals surface area contributed by atoms with E-state index in [4.69, 9.17) is 0 Å². The third-order valence-electron chi connectivity index (χ3n) is 4.30. The lowest BCUT2D eigenvalue weighted by molar-refractivity contribution is -0.385. The van der Waals surface area contributed by atoms with E-state index in [9.17, 15) is 14.9 Å². The molecule has 0 aromatic heterocycles. The molecule has 25 heavy (non-hydrogen) atoms. The van der Waals surface area contributed by atoms with Gasteiger partial charge < -0.3 is 5.32 Å². The molecule has 1 fully saturated rings. The van der Waals surface area contributed by atoms with E-state index in [-0.39, 0.29) is 18.0 Å². The van der Waals surface area contributed by atoms with Gasteiger partial charge in [0.2, 0.25) is 5.91 Å². The molecule has 1 saturated carbocycles. The Morgan fingerprint density at radius 3 is 2.56 bits per heavy atom. The zero-order valence-electron chi connectivity index (χ0n) is 13.8. The van der Waals surface area contributed by atoms with E-state index >= 15 is 0 Å². The molecule has 0 bridgehead atoms. The van der Waals surface area contributed by atoms with Crippen molar-refractivity contribution in [3.8, 4) is 0 Å². The van der Waals surface area contributed by atoms with Crippen LogP contribution in [0, 0.1) is 10.1 Å². The number of nitrogens with one attached hydrogen (secondary N) is 1. The van der Waals surface area contributed by atoms with E-state index < -0.39 is 4.92 Å². The van der Waals surface area contributed by atoms with Crippen molar-refractivity contribution in [3.05, 3.63) is 64.2 Å². The Balaban J connectivity index is 1.70. The minimum Gasteiger partial charge on any atom is -0.325 e. The van der Waals surface area contributed by atoms with Crippen molar-refractivity contribution >= 4 is 29.0 Å². The van der Waals surface area contributed by atoms with Crippen molar-refractivity contribution in [1.82, 2.24) is 0 Å². The summed E-state index contributed by atoms with van der Waals surface area (Å²) in [5.41, 5.74) is 1.18. The standard InChI is InChI=1S/C19H20N2O3S/c22-19(13-14-7-1-5-11-17(14)21(23)24)20-16-10-4-6-12-18(16)25-15-8-2-3-9-15/h1,4-7,10-12,15H,2-3,8-9,13H2,(H,20,22). The van der Waals surface area contributed by atoms with E-state index in [0.717, 1.165) is 10.6 Å². The second kappa shape index (κ2) is 8.16. The zero-order chi connectivity index (χ0) is 17.6. The Kier molecular flexibility index (Phi) is 5.71. The number of carbonyl (C=O) groups is 1. The maximum Gasteiger partial charge on any atom is 0.273 e. The number of hydrogen-bond donors (Lipinski definition) is 1. The maximum absolute atomic E-state index is 12.4. The molecule has 130 valence electrons. The van der Waals surface area contributed by atoms with Crippen molar-refractivity contribution in [1.29, 1.82) is 0 Å². The number of para-hydroxylation sites is 2.